The van der Waals surface area contributed by atoms with Gasteiger partial charge in [0.1, 0.15) is 0 Å². The van der Waals surface area contributed by atoms with Crippen LogP contribution in [0.25, 0.3) is 11.0 Å². The molecule has 1 amide bonds. The third-order valence-electron chi connectivity index (χ3n) is 5.61. The summed E-state index contributed by atoms with van der Waals surface area (Å²) < 4.78 is 2.22. The van der Waals surface area contributed by atoms with Crippen molar-refractivity contribution in [2.45, 2.75) is 24.7 Å². The van der Waals surface area contributed by atoms with Gasteiger partial charge < -0.3 is 9.47 Å². The van der Waals surface area contributed by atoms with Gasteiger partial charge in [0.15, 0.2) is 5.16 Å². The van der Waals surface area contributed by atoms with Gasteiger partial charge in [0.05, 0.1) is 23.3 Å². The van der Waals surface area contributed by atoms with E-state index in [0.717, 1.165) is 35.7 Å². The number of carbonyl (C=O) groups excluding carboxylic acids is 1. The van der Waals surface area contributed by atoms with E-state index >= 15 is 0 Å². The van der Waals surface area contributed by atoms with Crippen molar-refractivity contribution in [3.05, 3.63) is 95.6 Å². The first-order chi connectivity index (χ1) is 14.8. The molecule has 0 N–H and O–H groups in total. The first-order valence-corrected chi connectivity index (χ1v) is 11.2. The summed E-state index contributed by atoms with van der Waals surface area (Å²) in [5, 5.41) is 0.894. The van der Waals surface area contributed by atoms with E-state index < -0.39 is 0 Å². The Hall–Kier alpha value is -3.05. The van der Waals surface area contributed by atoms with Gasteiger partial charge in [-0.15, -0.1) is 0 Å². The normalized spacial score (nSPS) is 13.4. The SMILES string of the molecule is O=C(CSc1nc2ccccc2n1Cc1ccccc1)N1CCc2ccccc2C1. The van der Waals surface area contributed by atoms with Crippen molar-refractivity contribution in [2.24, 2.45) is 0 Å². The molecule has 0 bridgehead atoms. The number of hydrogen-bond donors (Lipinski definition) is 0. The number of fused-ring (bicyclic) bond motifs is 2. The Kier molecular flexibility index (Phi) is 5.28. The quantitative estimate of drug-likeness (QED) is 0.443. The molecule has 1 aliphatic rings. The largest absolute Gasteiger partial charge is 0.337 e. The van der Waals surface area contributed by atoms with E-state index in [2.05, 4.69) is 53.1 Å². The van der Waals surface area contributed by atoms with E-state index in [-0.39, 0.29) is 5.91 Å². The first kappa shape index (κ1) is 18.9. The van der Waals surface area contributed by atoms with Crippen molar-refractivity contribution < 1.29 is 4.79 Å². The number of carbonyl (C=O) groups is 1. The van der Waals surface area contributed by atoms with Crippen LogP contribution in [0, 0.1) is 0 Å². The van der Waals surface area contributed by atoms with Crippen LogP contribution in [-0.2, 0) is 24.3 Å². The zero-order valence-corrected chi connectivity index (χ0v) is 17.5. The molecule has 0 saturated heterocycles. The van der Waals surface area contributed by atoms with Crippen LogP contribution in [0.2, 0.25) is 0 Å². The van der Waals surface area contributed by atoms with Gasteiger partial charge in [-0.25, -0.2) is 4.98 Å². The van der Waals surface area contributed by atoms with E-state index in [1.807, 2.05) is 35.2 Å². The topological polar surface area (TPSA) is 38.1 Å². The second kappa shape index (κ2) is 8.36. The fraction of sp³-hybridized carbons (Fsp3) is 0.200. The Morgan fingerprint density at radius 2 is 1.63 bits per heavy atom. The summed E-state index contributed by atoms with van der Waals surface area (Å²) >= 11 is 1.54. The minimum Gasteiger partial charge on any atom is -0.337 e. The van der Waals surface area contributed by atoms with E-state index in [1.54, 1.807) is 0 Å². The number of aromatic nitrogens is 2. The molecule has 30 heavy (non-hydrogen) atoms. The molecule has 5 rings (SSSR count). The zero-order valence-electron chi connectivity index (χ0n) is 16.7. The molecule has 4 nitrogen and oxygen atoms in total. The molecule has 4 aromatic rings. The van der Waals surface area contributed by atoms with Crippen molar-refractivity contribution in [3.63, 3.8) is 0 Å². The molecule has 2 heterocycles. The van der Waals surface area contributed by atoms with E-state index in [9.17, 15) is 4.79 Å². The fourth-order valence-electron chi connectivity index (χ4n) is 4.01. The molecule has 5 heteroatoms. The molecule has 1 aliphatic heterocycles. The predicted octanol–water partition coefficient (Wildman–Crippen LogP) is 4.76. The molecule has 0 unspecified atom stereocenters. The van der Waals surface area contributed by atoms with Gasteiger partial charge in [-0.05, 0) is 35.2 Å². The van der Waals surface area contributed by atoms with E-state index in [0.29, 0.717) is 12.3 Å². The number of thioether (sulfide) groups is 1. The molecule has 3 aromatic carbocycles. The smallest absolute Gasteiger partial charge is 0.233 e. The summed E-state index contributed by atoms with van der Waals surface area (Å²) in [5.41, 5.74) is 5.91. The van der Waals surface area contributed by atoms with Crippen LogP contribution < -0.4 is 0 Å². The molecule has 0 radical (unpaired) electrons. The maximum absolute atomic E-state index is 12.9. The highest BCUT2D eigenvalue weighted by atomic mass is 32.2. The molecular weight excluding hydrogens is 390 g/mol. The second-order valence-electron chi connectivity index (χ2n) is 7.58. The van der Waals surface area contributed by atoms with Crippen LogP contribution in [0.15, 0.2) is 84.0 Å². The predicted molar refractivity (Wildman–Crippen MR) is 122 cm³/mol. The fourth-order valence-corrected chi connectivity index (χ4v) is 4.93. The van der Waals surface area contributed by atoms with Crippen molar-refractivity contribution in [1.82, 2.24) is 14.5 Å². The van der Waals surface area contributed by atoms with Gasteiger partial charge in [-0.3, -0.25) is 4.79 Å². The molecule has 1 aromatic heterocycles. The molecule has 0 atom stereocenters. The lowest BCUT2D eigenvalue weighted by atomic mass is 10.00. The number of rotatable bonds is 5. The third-order valence-corrected chi connectivity index (χ3v) is 6.57. The Morgan fingerprint density at radius 1 is 0.900 bits per heavy atom. The van der Waals surface area contributed by atoms with Crippen molar-refractivity contribution >= 4 is 28.7 Å². The van der Waals surface area contributed by atoms with E-state index in [1.165, 1.54) is 28.5 Å². The Morgan fingerprint density at radius 3 is 2.50 bits per heavy atom. The van der Waals surface area contributed by atoms with Gasteiger partial charge in [-0.2, -0.15) is 0 Å². The van der Waals surface area contributed by atoms with Crippen molar-refractivity contribution in [3.8, 4) is 0 Å². The highest BCUT2D eigenvalue weighted by Crippen LogP contribution is 2.26. The number of hydrogen-bond acceptors (Lipinski definition) is 3. The van der Waals surface area contributed by atoms with Crippen LogP contribution in [-0.4, -0.2) is 32.7 Å². The van der Waals surface area contributed by atoms with Gasteiger partial charge in [-0.1, -0.05) is 78.5 Å². The number of benzene rings is 3. The van der Waals surface area contributed by atoms with Gasteiger partial charge in [0, 0.05) is 13.1 Å². The summed E-state index contributed by atoms with van der Waals surface area (Å²) in [4.78, 5) is 19.7. The molecular formula is C25H23N3OS. The molecule has 0 spiro atoms. The zero-order chi connectivity index (χ0) is 20.3. The molecule has 0 fully saturated rings. The van der Waals surface area contributed by atoms with Crippen LogP contribution in [0.5, 0.6) is 0 Å². The van der Waals surface area contributed by atoms with E-state index in [4.69, 9.17) is 4.98 Å². The monoisotopic (exact) mass is 413 g/mol. The lowest BCUT2D eigenvalue weighted by molar-refractivity contribution is -0.129. The summed E-state index contributed by atoms with van der Waals surface area (Å²) in [7, 11) is 0. The second-order valence-corrected chi connectivity index (χ2v) is 8.52. The summed E-state index contributed by atoms with van der Waals surface area (Å²) in [6.45, 7) is 2.24. The Bertz CT molecular complexity index is 1190. The first-order valence-electron chi connectivity index (χ1n) is 10.2. The number of para-hydroxylation sites is 2. The minimum atomic E-state index is 0.174. The highest BCUT2D eigenvalue weighted by Gasteiger charge is 2.21. The summed E-state index contributed by atoms with van der Waals surface area (Å²) in [6, 6.07) is 27.0. The Labute approximate surface area is 180 Å². The standard InChI is InChI=1S/C25H23N3OS/c29-24(27-15-14-20-10-4-5-11-21(20)17-27)18-30-25-26-22-12-6-7-13-23(22)28(25)16-19-8-2-1-3-9-19/h1-13H,14-18H2. The summed E-state index contributed by atoms with van der Waals surface area (Å²) in [6.07, 6.45) is 0.930. The van der Waals surface area contributed by atoms with Gasteiger partial charge in [0.2, 0.25) is 5.91 Å². The lowest BCUT2D eigenvalue weighted by Crippen LogP contribution is -2.37. The Balaban J connectivity index is 1.34. The number of imidazole rings is 1. The highest BCUT2D eigenvalue weighted by molar-refractivity contribution is 7.99. The third kappa shape index (κ3) is 3.85. The molecule has 0 aliphatic carbocycles. The average Bonchev–Trinajstić information content (AvgIpc) is 3.15. The van der Waals surface area contributed by atoms with Crippen molar-refractivity contribution in [2.75, 3.05) is 12.3 Å². The number of amides is 1. The maximum atomic E-state index is 12.9. The van der Waals surface area contributed by atoms with Gasteiger partial charge in [0.25, 0.3) is 0 Å². The maximum Gasteiger partial charge on any atom is 0.233 e. The molecule has 150 valence electrons. The molecule has 0 saturated carbocycles. The number of nitrogens with zero attached hydrogens (tertiary/aromatic N) is 3. The lowest BCUT2D eigenvalue weighted by Gasteiger charge is -2.28. The van der Waals surface area contributed by atoms with Crippen LogP contribution in [0.1, 0.15) is 16.7 Å². The van der Waals surface area contributed by atoms with Gasteiger partial charge >= 0.3 is 0 Å². The van der Waals surface area contributed by atoms with Crippen LogP contribution in [0.4, 0.5) is 0 Å². The average molecular weight is 414 g/mol. The van der Waals surface area contributed by atoms with Crippen molar-refractivity contribution in [1.29, 1.82) is 0 Å². The minimum absolute atomic E-state index is 0.174. The van der Waals surface area contributed by atoms with Crippen LogP contribution >= 0.6 is 11.8 Å². The van der Waals surface area contributed by atoms with Crippen LogP contribution in [0.3, 0.4) is 0 Å². The summed E-state index contributed by atoms with van der Waals surface area (Å²) in [5.74, 6) is 0.577.